The van der Waals surface area contributed by atoms with E-state index < -0.39 is 5.25 Å². The minimum absolute atomic E-state index is 0.198. The van der Waals surface area contributed by atoms with Gasteiger partial charge < -0.3 is 11.1 Å². The van der Waals surface area contributed by atoms with Gasteiger partial charge in [-0.15, -0.1) is 5.10 Å². The first-order chi connectivity index (χ1) is 10.0. The number of hydrogen-bond donors (Lipinski definition) is 3. The molecule has 1 atom stereocenters. The summed E-state index contributed by atoms with van der Waals surface area (Å²) in [6, 6.07) is 7.05. The van der Waals surface area contributed by atoms with Crippen LogP contribution in [0.1, 0.15) is 13.8 Å². The Morgan fingerprint density at radius 1 is 1.52 bits per heavy atom. The zero-order valence-corrected chi connectivity index (χ0v) is 12.6. The smallest absolute Gasteiger partial charge is 0.343 e. The summed E-state index contributed by atoms with van der Waals surface area (Å²) >= 11 is 1.22. The van der Waals surface area contributed by atoms with E-state index >= 15 is 0 Å². The second-order valence-corrected chi connectivity index (χ2v) is 5.70. The molecule has 21 heavy (non-hydrogen) atoms. The molecule has 1 aromatic carbocycles. The quantitative estimate of drug-likeness (QED) is 0.570. The van der Waals surface area contributed by atoms with E-state index in [9.17, 15) is 9.59 Å². The van der Waals surface area contributed by atoms with Gasteiger partial charge in [0.25, 0.3) is 0 Å². The Morgan fingerprint density at radius 3 is 2.90 bits per heavy atom. The molecule has 0 aliphatic rings. The number of aromatic nitrogens is 3. The van der Waals surface area contributed by atoms with Crippen LogP contribution >= 0.6 is 11.8 Å². The number of H-pyrrole nitrogens is 1. The Hall–Kier alpha value is -2.22. The van der Waals surface area contributed by atoms with Crippen LogP contribution in [0, 0.1) is 0 Å². The van der Waals surface area contributed by atoms with E-state index in [1.165, 1.54) is 16.3 Å². The minimum Gasteiger partial charge on any atom is -0.397 e. The average molecular weight is 307 g/mol. The molecule has 1 aromatic heterocycles. The molecule has 7 nitrogen and oxygen atoms in total. The number of amides is 1. The van der Waals surface area contributed by atoms with E-state index in [1.54, 1.807) is 31.2 Å². The standard InChI is InChI=1S/C13H17N5O2S/c1-3-18-12(20)16-17-13(18)21-8(2)11(19)15-10-7-5-4-6-9(10)14/h4-8H,3,14H2,1-2H3,(H,15,19)(H,16,20). The third-order valence-corrected chi connectivity index (χ3v) is 4.00. The first kappa shape index (κ1) is 15.2. The van der Waals surface area contributed by atoms with Crippen molar-refractivity contribution >= 4 is 29.0 Å². The van der Waals surface area contributed by atoms with Gasteiger partial charge in [0.15, 0.2) is 5.16 Å². The van der Waals surface area contributed by atoms with E-state index in [1.807, 2.05) is 6.92 Å². The maximum absolute atomic E-state index is 12.2. The van der Waals surface area contributed by atoms with Crippen LogP contribution in [0.25, 0.3) is 0 Å². The van der Waals surface area contributed by atoms with E-state index in [0.29, 0.717) is 23.1 Å². The van der Waals surface area contributed by atoms with Gasteiger partial charge >= 0.3 is 5.69 Å². The van der Waals surface area contributed by atoms with Crippen LogP contribution in [0.4, 0.5) is 11.4 Å². The lowest BCUT2D eigenvalue weighted by molar-refractivity contribution is -0.115. The predicted molar refractivity (Wildman–Crippen MR) is 83.3 cm³/mol. The molecule has 1 heterocycles. The number of rotatable bonds is 5. The van der Waals surface area contributed by atoms with Crippen LogP contribution in [-0.4, -0.2) is 25.9 Å². The van der Waals surface area contributed by atoms with Gasteiger partial charge in [-0.25, -0.2) is 9.89 Å². The van der Waals surface area contributed by atoms with Crippen molar-refractivity contribution in [3.63, 3.8) is 0 Å². The van der Waals surface area contributed by atoms with Crippen LogP contribution in [0.5, 0.6) is 0 Å². The molecule has 0 aliphatic carbocycles. The van der Waals surface area contributed by atoms with Crippen molar-refractivity contribution in [2.24, 2.45) is 0 Å². The molecular weight excluding hydrogens is 290 g/mol. The molecule has 0 saturated heterocycles. The summed E-state index contributed by atoms with van der Waals surface area (Å²) in [6.45, 7) is 4.09. The average Bonchev–Trinajstić information content (AvgIpc) is 2.81. The van der Waals surface area contributed by atoms with Crippen molar-refractivity contribution in [3.05, 3.63) is 34.7 Å². The normalized spacial score (nSPS) is 12.1. The first-order valence-corrected chi connectivity index (χ1v) is 7.38. The van der Waals surface area contributed by atoms with Crippen LogP contribution in [0.3, 0.4) is 0 Å². The lowest BCUT2D eigenvalue weighted by atomic mass is 10.2. The van der Waals surface area contributed by atoms with Crippen molar-refractivity contribution in [2.45, 2.75) is 30.8 Å². The number of carbonyl (C=O) groups excluding carboxylic acids is 1. The lowest BCUT2D eigenvalue weighted by Crippen LogP contribution is -2.24. The summed E-state index contributed by atoms with van der Waals surface area (Å²) in [5.41, 5.74) is 6.59. The summed E-state index contributed by atoms with van der Waals surface area (Å²) in [5.74, 6) is -0.198. The van der Waals surface area contributed by atoms with Gasteiger partial charge in [0.1, 0.15) is 0 Å². The number of nitrogens with one attached hydrogen (secondary N) is 2. The van der Waals surface area contributed by atoms with E-state index in [-0.39, 0.29) is 11.6 Å². The predicted octanol–water partition coefficient (Wildman–Crippen LogP) is 1.29. The Labute approximate surface area is 125 Å². The van der Waals surface area contributed by atoms with Crippen LogP contribution in [0.2, 0.25) is 0 Å². The molecule has 0 radical (unpaired) electrons. The Balaban J connectivity index is 2.06. The third-order valence-electron chi connectivity index (χ3n) is 2.91. The molecule has 0 spiro atoms. The maximum atomic E-state index is 12.2. The highest BCUT2D eigenvalue weighted by atomic mass is 32.2. The summed E-state index contributed by atoms with van der Waals surface area (Å²) in [6.07, 6.45) is 0. The zero-order valence-electron chi connectivity index (χ0n) is 11.8. The van der Waals surface area contributed by atoms with Gasteiger partial charge in [-0.2, -0.15) is 0 Å². The van der Waals surface area contributed by atoms with E-state index in [4.69, 9.17) is 5.73 Å². The Bertz CT molecular complexity index is 694. The highest BCUT2D eigenvalue weighted by Crippen LogP contribution is 2.23. The second-order valence-electron chi connectivity index (χ2n) is 4.39. The number of hydrogen-bond acceptors (Lipinski definition) is 5. The zero-order chi connectivity index (χ0) is 15.4. The number of carbonyl (C=O) groups is 1. The van der Waals surface area contributed by atoms with E-state index in [2.05, 4.69) is 15.5 Å². The number of nitrogen functional groups attached to an aromatic ring is 1. The summed E-state index contributed by atoms with van der Waals surface area (Å²) in [7, 11) is 0. The fourth-order valence-electron chi connectivity index (χ4n) is 1.73. The molecule has 0 fully saturated rings. The summed E-state index contributed by atoms with van der Waals surface area (Å²) in [5, 5.41) is 9.14. The van der Waals surface area contributed by atoms with Crippen molar-refractivity contribution < 1.29 is 4.79 Å². The first-order valence-electron chi connectivity index (χ1n) is 6.50. The molecule has 4 N–H and O–H groups in total. The lowest BCUT2D eigenvalue weighted by Gasteiger charge is -2.12. The Kier molecular flexibility index (Phi) is 4.69. The van der Waals surface area contributed by atoms with Crippen LogP contribution < -0.4 is 16.7 Å². The highest BCUT2D eigenvalue weighted by Gasteiger charge is 2.19. The molecule has 0 aliphatic heterocycles. The number of aromatic amines is 1. The van der Waals surface area contributed by atoms with Crippen LogP contribution in [-0.2, 0) is 11.3 Å². The number of thioether (sulfide) groups is 1. The molecule has 2 aromatic rings. The van der Waals surface area contributed by atoms with Crippen molar-refractivity contribution in [1.29, 1.82) is 0 Å². The van der Waals surface area contributed by atoms with E-state index in [0.717, 1.165) is 0 Å². The monoisotopic (exact) mass is 307 g/mol. The molecule has 8 heteroatoms. The summed E-state index contributed by atoms with van der Waals surface area (Å²) in [4.78, 5) is 23.6. The van der Waals surface area contributed by atoms with Gasteiger partial charge in [0.2, 0.25) is 5.91 Å². The molecule has 2 rings (SSSR count). The van der Waals surface area contributed by atoms with Gasteiger partial charge in [-0.05, 0) is 26.0 Å². The largest absolute Gasteiger partial charge is 0.397 e. The van der Waals surface area contributed by atoms with Gasteiger partial charge in [-0.1, -0.05) is 23.9 Å². The third kappa shape index (κ3) is 3.46. The van der Waals surface area contributed by atoms with Gasteiger partial charge in [0.05, 0.1) is 16.6 Å². The minimum atomic E-state index is -0.412. The van der Waals surface area contributed by atoms with Crippen LogP contribution in [0.15, 0.2) is 34.2 Å². The molecule has 0 bridgehead atoms. The fraction of sp³-hybridized carbons (Fsp3) is 0.308. The number of benzene rings is 1. The Morgan fingerprint density at radius 2 is 2.24 bits per heavy atom. The topological polar surface area (TPSA) is 106 Å². The van der Waals surface area contributed by atoms with Crippen molar-refractivity contribution in [1.82, 2.24) is 14.8 Å². The molecular formula is C13H17N5O2S. The summed E-state index contributed by atoms with van der Waals surface area (Å²) < 4.78 is 1.48. The number of nitrogens with two attached hydrogens (primary N) is 1. The molecule has 1 unspecified atom stereocenters. The highest BCUT2D eigenvalue weighted by molar-refractivity contribution is 8.00. The molecule has 0 saturated carbocycles. The maximum Gasteiger partial charge on any atom is 0.343 e. The van der Waals surface area contributed by atoms with Gasteiger partial charge in [-0.3, -0.25) is 9.36 Å². The fourth-order valence-corrected chi connectivity index (χ4v) is 2.65. The number of para-hydroxylation sites is 2. The number of nitrogens with zero attached hydrogens (tertiary/aromatic N) is 2. The van der Waals surface area contributed by atoms with Gasteiger partial charge in [0, 0.05) is 6.54 Å². The number of anilines is 2. The SMILES string of the molecule is CCn1c(SC(C)C(=O)Nc2ccccc2N)n[nH]c1=O. The van der Waals surface area contributed by atoms with Crippen molar-refractivity contribution in [2.75, 3.05) is 11.1 Å². The molecule has 112 valence electrons. The molecule has 1 amide bonds. The van der Waals surface area contributed by atoms with Crippen molar-refractivity contribution in [3.8, 4) is 0 Å². The second kappa shape index (κ2) is 6.49.